The number of nitrogens with zero attached hydrogens (tertiary/aromatic N) is 3. The molecule has 2 aromatic carbocycles. The predicted octanol–water partition coefficient (Wildman–Crippen LogP) is 4.68. The van der Waals surface area contributed by atoms with E-state index in [1.165, 1.54) is 4.90 Å². The van der Waals surface area contributed by atoms with Gasteiger partial charge in [0.15, 0.2) is 6.23 Å². The van der Waals surface area contributed by atoms with E-state index in [1.807, 2.05) is 71.3 Å². The predicted molar refractivity (Wildman–Crippen MR) is 134 cm³/mol. The maximum atomic E-state index is 13.7. The summed E-state index contributed by atoms with van der Waals surface area (Å²) in [4.78, 5) is 15.1. The third-order valence-electron chi connectivity index (χ3n) is 6.04. The van der Waals surface area contributed by atoms with Gasteiger partial charge in [-0.15, -0.1) is 13.2 Å². The van der Waals surface area contributed by atoms with Gasteiger partial charge in [-0.05, 0) is 21.5 Å². The van der Waals surface area contributed by atoms with Crippen LogP contribution in [0.5, 0.6) is 0 Å². The van der Waals surface area contributed by atoms with Crippen LogP contribution in [0.4, 0.5) is 0 Å². The van der Waals surface area contributed by atoms with E-state index in [-0.39, 0.29) is 12.5 Å². The van der Waals surface area contributed by atoms with E-state index in [0.717, 1.165) is 32.9 Å². The zero-order valence-electron chi connectivity index (χ0n) is 17.6. The number of rotatable bonds is 6. The first-order valence-electron chi connectivity index (χ1n) is 10.5. The Labute approximate surface area is 188 Å². The second-order valence-electron chi connectivity index (χ2n) is 7.88. The van der Waals surface area contributed by atoms with E-state index in [4.69, 9.17) is 0 Å². The third kappa shape index (κ3) is 2.97. The highest BCUT2D eigenvalue weighted by Gasteiger charge is 2.40. The summed E-state index contributed by atoms with van der Waals surface area (Å²) in [5.41, 5.74) is 4.84. The lowest BCUT2D eigenvalue weighted by atomic mass is 9.95. The number of aromatic nitrogens is 2. The molecule has 5 nitrogen and oxygen atoms in total. The third-order valence-corrected chi connectivity index (χ3v) is 6.46. The van der Waals surface area contributed by atoms with Crippen molar-refractivity contribution < 1.29 is 9.90 Å². The zero-order chi connectivity index (χ0) is 22.4. The maximum absolute atomic E-state index is 13.7. The van der Waals surface area contributed by atoms with Crippen LogP contribution in [-0.2, 0) is 11.3 Å². The van der Waals surface area contributed by atoms with E-state index in [1.54, 1.807) is 6.08 Å². The summed E-state index contributed by atoms with van der Waals surface area (Å²) in [5.74, 6) is -0.200. The molecule has 1 aliphatic rings. The van der Waals surface area contributed by atoms with Gasteiger partial charge in [-0.2, -0.15) is 0 Å². The van der Waals surface area contributed by atoms with E-state index in [9.17, 15) is 9.90 Å². The van der Waals surface area contributed by atoms with E-state index in [2.05, 4.69) is 27.1 Å². The molecule has 2 aromatic heterocycles. The second kappa shape index (κ2) is 7.94. The van der Waals surface area contributed by atoms with Gasteiger partial charge in [0.25, 0.3) is 5.91 Å². The van der Waals surface area contributed by atoms with Gasteiger partial charge >= 0.3 is 0 Å². The number of para-hydroxylation sites is 2. The smallest absolute Gasteiger partial charge is 0.257 e. The molecular formula is C26H24N3O2P. The van der Waals surface area contributed by atoms with E-state index in [0.29, 0.717) is 17.7 Å². The van der Waals surface area contributed by atoms with Crippen molar-refractivity contribution in [3.63, 3.8) is 0 Å². The first-order chi connectivity index (χ1) is 15.6. The van der Waals surface area contributed by atoms with Crippen LogP contribution in [-0.4, -0.2) is 37.6 Å². The van der Waals surface area contributed by atoms with Gasteiger partial charge < -0.3 is 18.9 Å². The molecule has 32 heavy (non-hydrogen) atoms. The van der Waals surface area contributed by atoms with Gasteiger partial charge in [0, 0.05) is 58.5 Å². The Morgan fingerprint density at radius 1 is 0.906 bits per heavy atom. The lowest BCUT2D eigenvalue weighted by molar-refractivity contribution is -0.128. The minimum Gasteiger partial charge on any atom is -0.369 e. The Morgan fingerprint density at radius 3 is 2.22 bits per heavy atom. The van der Waals surface area contributed by atoms with Crippen molar-refractivity contribution >= 4 is 48.2 Å². The number of hydrogen-bond donors (Lipinski definition) is 1. The van der Waals surface area contributed by atoms with Crippen molar-refractivity contribution in [3.05, 3.63) is 97.4 Å². The standard InChI is InChI=1S/C26H24N3O2P/c1-3-13-27-15-19(17-9-5-7-11-21(17)27)23-24(26(31)28(14-4-2)25(23)30)20-16-29(32)22-12-8-6-10-18(20)22/h3-12,15-16,26,31H,1-2,13-14,32H2. The minimum atomic E-state index is -1.06. The fourth-order valence-electron chi connectivity index (χ4n) is 4.67. The van der Waals surface area contributed by atoms with Gasteiger partial charge in [-0.1, -0.05) is 48.6 Å². The number of hydrogen-bond acceptors (Lipinski definition) is 2. The van der Waals surface area contributed by atoms with E-state index < -0.39 is 6.23 Å². The SMILES string of the molecule is C=CCN1C(=O)C(c2cn(CC=C)c3ccccc23)=C(c2cn(P)c3ccccc23)C1O. The number of amides is 1. The Hall–Kier alpha value is -3.40. The maximum Gasteiger partial charge on any atom is 0.257 e. The largest absolute Gasteiger partial charge is 0.369 e. The van der Waals surface area contributed by atoms with Crippen LogP contribution in [0.3, 0.4) is 0 Å². The topological polar surface area (TPSA) is 50.4 Å². The zero-order valence-corrected chi connectivity index (χ0v) is 18.8. The molecule has 5 rings (SSSR count). The summed E-state index contributed by atoms with van der Waals surface area (Å²) >= 11 is 0. The molecule has 0 saturated heterocycles. The summed E-state index contributed by atoms with van der Waals surface area (Å²) in [7, 11) is 2.69. The molecule has 0 saturated carbocycles. The molecule has 1 aliphatic heterocycles. The highest BCUT2D eigenvalue weighted by Crippen LogP contribution is 2.43. The summed E-state index contributed by atoms with van der Waals surface area (Å²) in [6.45, 7) is 8.53. The van der Waals surface area contributed by atoms with Crippen LogP contribution >= 0.6 is 9.39 Å². The van der Waals surface area contributed by atoms with Crippen molar-refractivity contribution in [3.8, 4) is 0 Å². The van der Waals surface area contributed by atoms with Gasteiger partial charge in [-0.3, -0.25) is 4.79 Å². The Balaban J connectivity index is 1.85. The molecule has 0 fully saturated rings. The number of aliphatic hydroxyl groups is 1. The Bertz CT molecular complexity index is 1430. The average Bonchev–Trinajstić information content (AvgIpc) is 3.40. The highest BCUT2D eigenvalue weighted by atomic mass is 31.0. The van der Waals surface area contributed by atoms with Crippen LogP contribution in [0.2, 0.25) is 0 Å². The molecule has 2 atom stereocenters. The Kier molecular flexibility index (Phi) is 5.09. The van der Waals surface area contributed by atoms with Gasteiger partial charge in [0.2, 0.25) is 0 Å². The number of carbonyl (C=O) groups is 1. The molecule has 0 bridgehead atoms. The number of fused-ring (bicyclic) bond motifs is 2. The van der Waals surface area contributed by atoms with Crippen molar-refractivity contribution in [1.29, 1.82) is 0 Å². The molecule has 0 radical (unpaired) electrons. The van der Waals surface area contributed by atoms with Crippen molar-refractivity contribution in [2.45, 2.75) is 12.8 Å². The van der Waals surface area contributed by atoms with Gasteiger partial charge in [-0.25, -0.2) is 0 Å². The fraction of sp³-hybridized carbons (Fsp3) is 0.115. The summed E-state index contributed by atoms with van der Waals surface area (Å²) in [5, 5.41) is 13.3. The number of aliphatic hydroxyl groups excluding tert-OH is 1. The highest BCUT2D eigenvalue weighted by molar-refractivity contribution is 7.14. The van der Waals surface area contributed by atoms with Crippen LogP contribution in [0.1, 0.15) is 11.1 Å². The van der Waals surface area contributed by atoms with Gasteiger partial charge in [0.1, 0.15) is 0 Å². The lowest BCUT2D eigenvalue weighted by Crippen LogP contribution is -2.35. The lowest BCUT2D eigenvalue weighted by Gasteiger charge is -2.20. The average molecular weight is 441 g/mol. The fourth-order valence-corrected chi connectivity index (χ4v) is 5.04. The quantitative estimate of drug-likeness (QED) is 0.349. The molecule has 6 heteroatoms. The first-order valence-corrected chi connectivity index (χ1v) is 11.0. The number of benzene rings is 2. The number of carbonyl (C=O) groups excluding carboxylic acids is 1. The molecule has 1 amide bonds. The summed E-state index contributed by atoms with van der Waals surface area (Å²) in [6, 6.07) is 16.0. The van der Waals surface area contributed by atoms with Gasteiger partial charge in [0.05, 0.1) is 11.1 Å². The molecule has 0 aliphatic carbocycles. The van der Waals surface area contributed by atoms with Crippen LogP contribution in [0, 0.1) is 0 Å². The van der Waals surface area contributed by atoms with Crippen LogP contribution in [0.15, 0.2) is 86.2 Å². The molecule has 160 valence electrons. The van der Waals surface area contributed by atoms with Crippen molar-refractivity contribution in [2.75, 3.05) is 6.54 Å². The Morgan fingerprint density at radius 2 is 1.53 bits per heavy atom. The summed E-state index contributed by atoms with van der Waals surface area (Å²) in [6.07, 6.45) is 6.36. The van der Waals surface area contributed by atoms with Crippen molar-refractivity contribution in [2.24, 2.45) is 0 Å². The molecule has 2 unspecified atom stereocenters. The minimum absolute atomic E-state index is 0.200. The molecule has 4 aromatic rings. The molecule has 1 N–H and O–H groups in total. The number of allylic oxidation sites excluding steroid dienone is 1. The monoisotopic (exact) mass is 441 g/mol. The van der Waals surface area contributed by atoms with Crippen LogP contribution in [0.25, 0.3) is 33.0 Å². The van der Waals surface area contributed by atoms with Crippen molar-refractivity contribution in [1.82, 2.24) is 13.8 Å². The summed E-state index contributed by atoms with van der Waals surface area (Å²) < 4.78 is 4.03. The second-order valence-corrected chi connectivity index (χ2v) is 8.43. The normalized spacial score (nSPS) is 16.5. The van der Waals surface area contributed by atoms with Crippen LogP contribution < -0.4 is 0 Å². The molecular weight excluding hydrogens is 417 g/mol. The van der Waals surface area contributed by atoms with E-state index >= 15 is 0 Å². The first kappa shape index (κ1) is 20.5. The molecule has 0 spiro atoms. The molecule has 3 heterocycles.